The molecular weight excluding hydrogens is 254 g/mol. The van der Waals surface area contributed by atoms with Crippen LogP contribution in [-0.4, -0.2) is 29.0 Å². The third kappa shape index (κ3) is 2.35. The molecular formula is C15H19N3O2. The third-order valence-electron chi connectivity index (χ3n) is 3.72. The van der Waals surface area contributed by atoms with Crippen LogP contribution in [0, 0.1) is 5.92 Å². The van der Waals surface area contributed by atoms with Crippen molar-refractivity contribution >= 4 is 0 Å². The highest BCUT2D eigenvalue weighted by Gasteiger charge is 2.19. The van der Waals surface area contributed by atoms with Gasteiger partial charge in [0.05, 0.1) is 14.2 Å². The molecule has 1 aliphatic rings. The van der Waals surface area contributed by atoms with Gasteiger partial charge in [-0.15, -0.1) is 0 Å². The van der Waals surface area contributed by atoms with Gasteiger partial charge >= 0.3 is 0 Å². The van der Waals surface area contributed by atoms with E-state index in [-0.39, 0.29) is 0 Å². The van der Waals surface area contributed by atoms with E-state index < -0.39 is 0 Å². The largest absolute Gasteiger partial charge is 0.497 e. The van der Waals surface area contributed by atoms with Crippen LogP contribution >= 0.6 is 0 Å². The van der Waals surface area contributed by atoms with Gasteiger partial charge in [-0.05, 0) is 24.5 Å². The van der Waals surface area contributed by atoms with Gasteiger partial charge in [0.2, 0.25) is 0 Å². The molecule has 2 aromatic rings. The SMILES string of the molecule is COc1cc(OC)cc(-c2nc3n(n2)CCC(C)C3)c1. The minimum absolute atomic E-state index is 0.680. The van der Waals surface area contributed by atoms with Crippen LogP contribution in [0.4, 0.5) is 0 Å². The van der Waals surface area contributed by atoms with Gasteiger partial charge in [0.1, 0.15) is 17.3 Å². The van der Waals surface area contributed by atoms with Gasteiger partial charge in [0.15, 0.2) is 5.82 Å². The van der Waals surface area contributed by atoms with Gasteiger partial charge in [-0.1, -0.05) is 6.92 Å². The molecule has 0 spiro atoms. The van der Waals surface area contributed by atoms with Gasteiger partial charge < -0.3 is 9.47 Å². The monoisotopic (exact) mass is 273 g/mol. The number of methoxy groups -OCH3 is 2. The lowest BCUT2D eigenvalue weighted by atomic mass is 10.0. The first kappa shape index (κ1) is 13.0. The third-order valence-corrected chi connectivity index (χ3v) is 3.72. The first-order chi connectivity index (χ1) is 9.69. The van der Waals surface area contributed by atoms with Crippen molar-refractivity contribution in [2.24, 2.45) is 5.92 Å². The van der Waals surface area contributed by atoms with Crippen molar-refractivity contribution in [3.63, 3.8) is 0 Å². The summed E-state index contributed by atoms with van der Waals surface area (Å²) in [4.78, 5) is 4.66. The molecule has 1 aromatic carbocycles. The minimum Gasteiger partial charge on any atom is -0.497 e. The maximum absolute atomic E-state index is 5.30. The van der Waals surface area contributed by atoms with Crippen LogP contribution in [0.15, 0.2) is 18.2 Å². The zero-order chi connectivity index (χ0) is 14.1. The summed E-state index contributed by atoms with van der Waals surface area (Å²) in [6, 6.07) is 5.72. The molecule has 0 N–H and O–H groups in total. The molecule has 0 aliphatic carbocycles. The second-order valence-corrected chi connectivity index (χ2v) is 5.27. The summed E-state index contributed by atoms with van der Waals surface area (Å²) in [5, 5.41) is 4.60. The smallest absolute Gasteiger partial charge is 0.181 e. The molecule has 106 valence electrons. The van der Waals surface area contributed by atoms with Crippen molar-refractivity contribution < 1.29 is 9.47 Å². The fourth-order valence-corrected chi connectivity index (χ4v) is 2.52. The Hall–Kier alpha value is -2.04. The van der Waals surface area contributed by atoms with Crippen molar-refractivity contribution in [1.82, 2.24) is 14.8 Å². The average Bonchev–Trinajstić information content (AvgIpc) is 2.89. The van der Waals surface area contributed by atoms with E-state index >= 15 is 0 Å². The first-order valence-electron chi connectivity index (χ1n) is 6.86. The summed E-state index contributed by atoms with van der Waals surface area (Å²) >= 11 is 0. The van der Waals surface area contributed by atoms with E-state index in [1.807, 2.05) is 22.9 Å². The van der Waals surface area contributed by atoms with Crippen LogP contribution < -0.4 is 9.47 Å². The molecule has 0 saturated carbocycles. The number of hydrogen-bond acceptors (Lipinski definition) is 4. The molecule has 1 aliphatic heterocycles. The molecule has 0 saturated heterocycles. The Labute approximate surface area is 118 Å². The summed E-state index contributed by atoms with van der Waals surface area (Å²) in [7, 11) is 3.29. The Morgan fingerprint density at radius 1 is 1.15 bits per heavy atom. The fraction of sp³-hybridized carbons (Fsp3) is 0.467. The van der Waals surface area contributed by atoms with Crippen LogP contribution in [0.2, 0.25) is 0 Å². The summed E-state index contributed by atoms with van der Waals surface area (Å²) < 4.78 is 12.6. The highest BCUT2D eigenvalue weighted by Crippen LogP contribution is 2.29. The van der Waals surface area contributed by atoms with Crippen LogP contribution in [0.1, 0.15) is 19.2 Å². The Balaban J connectivity index is 2.00. The number of hydrogen-bond donors (Lipinski definition) is 0. The lowest BCUT2D eigenvalue weighted by Crippen LogP contribution is -2.18. The predicted molar refractivity (Wildman–Crippen MR) is 76.0 cm³/mol. The maximum Gasteiger partial charge on any atom is 0.181 e. The van der Waals surface area contributed by atoms with Crippen molar-refractivity contribution in [3.8, 4) is 22.9 Å². The number of aryl methyl sites for hydroxylation is 1. The molecule has 1 unspecified atom stereocenters. The van der Waals surface area contributed by atoms with E-state index in [1.54, 1.807) is 14.2 Å². The van der Waals surface area contributed by atoms with E-state index in [4.69, 9.17) is 9.47 Å². The van der Waals surface area contributed by atoms with Crippen molar-refractivity contribution in [2.75, 3.05) is 14.2 Å². The van der Waals surface area contributed by atoms with E-state index in [2.05, 4.69) is 17.0 Å². The summed E-state index contributed by atoms with van der Waals surface area (Å²) in [6.45, 7) is 3.21. The molecule has 0 fully saturated rings. The van der Waals surface area contributed by atoms with Gasteiger partial charge in [-0.2, -0.15) is 5.10 Å². The van der Waals surface area contributed by atoms with E-state index in [0.29, 0.717) is 5.92 Å². The summed E-state index contributed by atoms with van der Waals surface area (Å²) in [6.07, 6.45) is 2.16. The Bertz CT molecular complexity index is 599. The summed E-state index contributed by atoms with van der Waals surface area (Å²) in [5.74, 6) is 3.99. The molecule has 0 amide bonds. The number of ether oxygens (including phenoxy) is 2. The second kappa shape index (κ2) is 5.15. The fourth-order valence-electron chi connectivity index (χ4n) is 2.52. The van der Waals surface area contributed by atoms with Crippen LogP contribution in [0.25, 0.3) is 11.4 Å². The lowest BCUT2D eigenvalue weighted by Gasteiger charge is -2.17. The highest BCUT2D eigenvalue weighted by molar-refractivity contribution is 5.60. The van der Waals surface area contributed by atoms with Crippen LogP contribution in [0.5, 0.6) is 11.5 Å². The van der Waals surface area contributed by atoms with E-state index in [9.17, 15) is 0 Å². The van der Waals surface area contributed by atoms with Crippen LogP contribution in [-0.2, 0) is 13.0 Å². The van der Waals surface area contributed by atoms with Crippen LogP contribution in [0.3, 0.4) is 0 Å². The number of aromatic nitrogens is 3. The number of fused-ring (bicyclic) bond motifs is 1. The molecule has 1 aromatic heterocycles. The minimum atomic E-state index is 0.680. The van der Waals surface area contributed by atoms with Crippen molar-refractivity contribution in [3.05, 3.63) is 24.0 Å². The van der Waals surface area contributed by atoms with Gasteiger partial charge in [-0.25, -0.2) is 9.67 Å². The highest BCUT2D eigenvalue weighted by atomic mass is 16.5. The van der Waals surface area contributed by atoms with E-state index in [1.165, 1.54) is 0 Å². The molecule has 0 radical (unpaired) electrons. The second-order valence-electron chi connectivity index (χ2n) is 5.27. The molecule has 5 nitrogen and oxygen atoms in total. The molecule has 3 rings (SSSR count). The molecule has 0 bridgehead atoms. The quantitative estimate of drug-likeness (QED) is 0.862. The van der Waals surface area contributed by atoms with Gasteiger partial charge in [-0.3, -0.25) is 0 Å². The standard InChI is InChI=1S/C15H19N3O2/c1-10-4-5-18-14(6-10)16-15(17-18)11-7-12(19-2)9-13(8-11)20-3/h7-10H,4-6H2,1-3H3. The number of benzene rings is 1. The summed E-state index contributed by atoms with van der Waals surface area (Å²) in [5.41, 5.74) is 0.927. The van der Waals surface area contributed by atoms with Crippen molar-refractivity contribution in [1.29, 1.82) is 0 Å². The topological polar surface area (TPSA) is 49.2 Å². The first-order valence-corrected chi connectivity index (χ1v) is 6.86. The van der Waals surface area contributed by atoms with Gasteiger partial charge in [0, 0.05) is 24.6 Å². The zero-order valence-electron chi connectivity index (χ0n) is 12.1. The Morgan fingerprint density at radius 3 is 2.50 bits per heavy atom. The average molecular weight is 273 g/mol. The Morgan fingerprint density at radius 2 is 1.85 bits per heavy atom. The number of rotatable bonds is 3. The lowest BCUT2D eigenvalue weighted by molar-refractivity contribution is 0.386. The molecule has 20 heavy (non-hydrogen) atoms. The van der Waals surface area contributed by atoms with E-state index in [0.717, 1.165) is 48.1 Å². The zero-order valence-corrected chi connectivity index (χ0v) is 12.1. The maximum atomic E-state index is 5.30. The Kier molecular flexibility index (Phi) is 3.34. The van der Waals surface area contributed by atoms with Crippen molar-refractivity contribution in [2.45, 2.75) is 26.3 Å². The molecule has 5 heteroatoms. The molecule has 2 heterocycles. The number of nitrogens with zero attached hydrogens (tertiary/aromatic N) is 3. The predicted octanol–water partition coefficient (Wildman–Crippen LogP) is 2.54. The molecule has 1 atom stereocenters. The van der Waals surface area contributed by atoms with Gasteiger partial charge in [0.25, 0.3) is 0 Å². The normalized spacial score (nSPS) is 17.6.